The molecular formula is C17H25F2N5O2. The van der Waals surface area contributed by atoms with Gasteiger partial charge < -0.3 is 9.80 Å². The molecule has 26 heavy (non-hydrogen) atoms. The number of alkyl halides is 2. The zero-order valence-corrected chi connectivity index (χ0v) is 15.1. The summed E-state index contributed by atoms with van der Waals surface area (Å²) in [5, 5.41) is 3.84. The van der Waals surface area contributed by atoms with Gasteiger partial charge in [0.25, 0.3) is 12.0 Å². The molecule has 2 fully saturated rings. The minimum Gasteiger partial charge on any atom is -0.368 e. The minimum absolute atomic E-state index is 0.0586. The molecule has 0 N–H and O–H groups in total. The molecule has 144 valence electrons. The molecule has 3 rings (SSSR count). The number of nitrogens with zero attached hydrogens (tertiary/aromatic N) is 5. The van der Waals surface area contributed by atoms with Crippen molar-refractivity contribution in [3.8, 4) is 0 Å². The van der Waals surface area contributed by atoms with Crippen LogP contribution in [0.2, 0.25) is 0 Å². The van der Waals surface area contributed by atoms with Crippen LogP contribution in [0, 0.1) is 0 Å². The molecule has 0 saturated carbocycles. The molecule has 1 atom stereocenters. The first-order valence-corrected chi connectivity index (χ1v) is 9.01. The lowest BCUT2D eigenvalue weighted by Gasteiger charge is -2.38. The van der Waals surface area contributed by atoms with Crippen molar-refractivity contribution >= 4 is 11.6 Å². The van der Waals surface area contributed by atoms with Gasteiger partial charge in [-0.15, -0.1) is 0 Å². The number of amides is 1. The van der Waals surface area contributed by atoms with Gasteiger partial charge in [0.05, 0.1) is 17.9 Å². The molecule has 0 spiro atoms. The summed E-state index contributed by atoms with van der Waals surface area (Å²) in [7, 11) is 0. The highest BCUT2D eigenvalue weighted by Crippen LogP contribution is 2.22. The van der Waals surface area contributed by atoms with Gasteiger partial charge in [-0.05, 0) is 20.3 Å². The van der Waals surface area contributed by atoms with E-state index in [2.05, 4.69) is 10.00 Å². The number of rotatable bonds is 5. The van der Waals surface area contributed by atoms with Gasteiger partial charge in [-0.25, -0.2) is 13.5 Å². The molecule has 9 heteroatoms. The predicted molar refractivity (Wildman–Crippen MR) is 93.5 cm³/mol. The second-order valence-corrected chi connectivity index (χ2v) is 7.08. The van der Waals surface area contributed by atoms with E-state index in [4.69, 9.17) is 0 Å². The molecule has 0 bridgehead atoms. The Balaban J connectivity index is 1.60. The van der Waals surface area contributed by atoms with Crippen LogP contribution in [0.5, 0.6) is 0 Å². The smallest absolute Gasteiger partial charge is 0.269 e. The summed E-state index contributed by atoms with van der Waals surface area (Å²) in [6, 6.07) is 1.52. The van der Waals surface area contributed by atoms with Crippen molar-refractivity contribution in [1.29, 1.82) is 0 Å². The lowest BCUT2D eigenvalue weighted by Crippen LogP contribution is -2.53. The highest BCUT2D eigenvalue weighted by Gasteiger charge is 2.38. The first-order chi connectivity index (χ1) is 12.4. The number of carbonyl (C=O) groups is 1. The van der Waals surface area contributed by atoms with Crippen LogP contribution in [0.15, 0.2) is 17.1 Å². The van der Waals surface area contributed by atoms with E-state index in [-0.39, 0.29) is 18.0 Å². The molecule has 1 aromatic rings. The Bertz CT molecular complexity index is 701. The standard InChI is InChI=1S/C17H25F2N5O2/c1-12(2)23-4-3-14(17(23)26)22-7-5-21(6-8-22)13-9-16(25)24(20-10-13)11-15(18)19/h9-10,12,14-15H,3-8,11H2,1-2H3. The Kier molecular flexibility index (Phi) is 5.55. The molecule has 1 amide bonds. The van der Waals surface area contributed by atoms with Crippen molar-refractivity contribution in [3.05, 3.63) is 22.6 Å². The van der Waals surface area contributed by atoms with E-state index in [0.717, 1.165) is 30.7 Å². The Labute approximate surface area is 151 Å². The van der Waals surface area contributed by atoms with E-state index in [1.54, 1.807) is 0 Å². The van der Waals surface area contributed by atoms with E-state index < -0.39 is 18.5 Å². The Morgan fingerprint density at radius 3 is 2.38 bits per heavy atom. The largest absolute Gasteiger partial charge is 0.368 e. The molecule has 0 aliphatic carbocycles. The van der Waals surface area contributed by atoms with Crippen LogP contribution in [0.4, 0.5) is 14.5 Å². The number of hydrogen-bond acceptors (Lipinski definition) is 5. The molecule has 1 unspecified atom stereocenters. The van der Waals surface area contributed by atoms with Gasteiger partial charge in [0.1, 0.15) is 6.54 Å². The summed E-state index contributed by atoms with van der Waals surface area (Å²) in [5.41, 5.74) is 0.116. The van der Waals surface area contributed by atoms with E-state index >= 15 is 0 Å². The fraction of sp³-hybridized carbons (Fsp3) is 0.706. The molecule has 2 aliphatic heterocycles. The maximum atomic E-state index is 12.5. The lowest BCUT2D eigenvalue weighted by atomic mass is 10.1. The molecule has 2 saturated heterocycles. The van der Waals surface area contributed by atoms with E-state index in [1.807, 2.05) is 23.6 Å². The fourth-order valence-corrected chi connectivity index (χ4v) is 3.69. The second-order valence-electron chi connectivity index (χ2n) is 7.08. The maximum Gasteiger partial charge on any atom is 0.269 e. The number of halogens is 2. The van der Waals surface area contributed by atoms with Crippen molar-refractivity contribution in [1.82, 2.24) is 19.6 Å². The summed E-state index contributed by atoms with van der Waals surface area (Å²) < 4.78 is 25.6. The average Bonchev–Trinajstić information content (AvgIpc) is 2.98. The third-order valence-corrected chi connectivity index (χ3v) is 5.12. The fourth-order valence-electron chi connectivity index (χ4n) is 3.69. The van der Waals surface area contributed by atoms with Crippen molar-refractivity contribution < 1.29 is 13.6 Å². The Morgan fingerprint density at radius 2 is 1.85 bits per heavy atom. The van der Waals surface area contributed by atoms with Gasteiger partial charge in [0.15, 0.2) is 0 Å². The lowest BCUT2D eigenvalue weighted by molar-refractivity contribution is -0.133. The van der Waals surface area contributed by atoms with Crippen LogP contribution in [0.1, 0.15) is 20.3 Å². The summed E-state index contributed by atoms with van der Waals surface area (Å²) in [5.74, 6) is 0.199. The molecule has 3 heterocycles. The van der Waals surface area contributed by atoms with Crippen molar-refractivity contribution in [2.24, 2.45) is 0 Å². The zero-order valence-electron chi connectivity index (χ0n) is 15.1. The third-order valence-electron chi connectivity index (χ3n) is 5.12. The van der Waals surface area contributed by atoms with Crippen molar-refractivity contribution in [2.45, 2.75) is 45.3 Å². The van der Waals surface area contributed by atoms with Gasteiger partial charge in [-0.1, -0.05) is 0 Å². The van der Waals surface area contributed by atoms with E-state index in [1.165, 1.54) is 12.3 Å². The number of anilines is 1. The van der Waals surface area contributed by atoms with Crippen molar-refractivity contribution in [3.63, 3.8) is 0 Å². The highest BCUT2D eigenvalue weighted by molar-refractivity contribution is 5.84. The van der Waals surface area contributed by atoms with Crippen LogP contribution in [0.3, 0.4) is 0 Å². The van der Waals surface area contributed by atoms with Gasteiger partial charge in [-0.3, -0.25) is 14.5 Å². The molecule has 0 radical (unpaired) electrons. The number of hydrogen-bond donors (Lipinski definition) is 0. The van der Waals surface area contributed by atoms with Crippen LogP contribution in [0.25, 0.3) is 0 Å². The normalized spacial score (nSPS) is 22.1. The zero-order chi connectivity index (χ0) is 18.8. The van der Waals surface area contributed by atoms with Gasteiger partial charge in [0.2, 0.25) is 5.91 Å². The van der Waals surface area contributed by atoms with Crippen LogP contribution in [-0.4, -0.2) is 76.7 Å². The highest BCUT2D eigenvalue weighted by atomic mass is 19.3. The summed E-state index contributed by atoms with van der Waals surface area (Å²) in [6.45, 7) is 6.96. The number of piperazine rings is 1. The predicted octanol–water partition coefficient (Wildman–Crippen LogP) is 0.640. The van der Waals surface area contributed by atoms with Crippen molar-refractivity contribution in [2.75, 3.05) is 37.6 Å². The van der Waals surface area contributed by atoms with Crippen LogP contribution < -0.4 is 10.5 Å². The Morgan fingerprint density at radius 1 is 1.15 bits per heavy atom. The molecule has 2 aliphatic rings. The first-order valence-electron chi connectivity index (χ1n) is 9.01. The van der Waals surface area contributed by atoms with Crippen LogP contribution in [-0.2, 0) is 11.3 Å². The van der Waals surface area contributed by atoms with E-state index in [0.29, 0.717) is 18.8 Å². The van der Waals surface area contributed by atoms with Crippen LogP contribution >= 0.6 is 0 Å². The third kappa shape index (κ3) is 3.87. The molecule has 1 aromatic heterocycles. The van der Waals surface area contributed by atoms with Gasteiger partial charge in [-0.2, -0.15) is 5.10 Å². The Hall–Kier alpha value is -2.03. The summed E-state index contributed by atoms with van der Waals surface area (Å²) in [4.78, 5) is 30.6. The summed E-state index contributed by atoms with van der Waals surface area (Å²) >= 11 is 0. The van der Waals surface area contributed by atoms with E-state index in [9.17, 15) is 18.4 Å². The van der Waals surface area contributed by atoms with Gasteiger partial charge in [0, 0.05) is 44.8 Å². The maximum absolute atomic E-state index is 12.5. The average molecular weight is 369 g/mol. The second kappa shape index (κ2) is 7.69. The quantitative estimate of drug-likeness (QED) is 0.762. The molecular weight excluding hydrogens is 344 g/mol. The number of carbonyl (C=O) groups excluding carboxylic acids is 1. The first kappa shape index (κ1) is 18.8. The van der Waals surface area contributed by atoms with Gasteiger partial charge >= 0.3 is 0 Å². The summed E-state index contributed by atoms with van der Waals surface area (Å²) in [6.07, 6.45) is -0.299. The molecule has 0 aromatic carbocycles. The molecule has 7 nitrogen and oxygen atoms in total. The monoisotopic (exact) mass is 369 g/mol. The number of aromatic nitrogens is 2. The number of likely N-dealkylation sites (tertiary alicyclic amines) is 1. The topological polar surface area (TPSA) is 61.7 Å². The SMILES string of the molecule is CC(C)N1CCC(N2CCN(c3cnn(CC(F)F)c(=O)c3)CC2)C1=O. The minimum atomic E-state index is -2.61.